The van der Waals surface area contributed by atoms with E-state index in [1.807, 2.05) is 0 Å². The van der Waals surface area contributed by atoms with Gasteiger partial charge < -0.3 is 10.0 Å². The highest BCUT2D eigenvalue weighted by Crippen LogP contribution is 2.38. The summed E-state index contributed by atoms with van der Waals surface area (Å²) in [4.78, 5) is 2.66. The minimum atomic E-state index is -0.0847. The van der Waals surface area contributed by atoms with Gasteiger partial charge in [0.15, 0.2) is 0 Å². The highest BCUT2D eigenvalue weighted by molar-refractivity contribution is 4.91. The van der Waals surface area contributed by atoms with Crippen LogP contribution in [0, 0.1) is 5.41 Å². The molecule has 2 fully saturated rings. The van der Waals surface area contributed by atoms with Gasteiger partial charge in [-0.15, -0.1) is 0 Å². The van der Waals surface area contributed by atoms with Crippen molar-refractivity contribution in [3.05, 3.63) is 0 Å². The molecule has 1 unspecified atom stereocenters. The Kier molecular flexibility index (Phi) is 3.36. The third-order valence-corrected chi connectivity index (χ3v) is 4.34. The molecule has 1 aliphatic carbocycles. The molecule has 1 aliphatic heterocycles. The lowest BCUT2D eigenvalue weighted by Crippen LogP contribution is -2.48. The summed E-state index contributed by atoms with van der Waals surface area (Å²) < 4.78 is 0. The van der Waals surface area contributed by atoms with Crippen molar-refractivity contribution in [1.82, 2.24) is 4.90 Å². The number of hydrogen-bond donors (Lipinski definition) is 1. The van der Waals surface area contributed by atoms with Crippen LogP contribution in [-0.2, 0) is 0 Å². The number of likely N-dealkylation sites (tertiary alicyclic amines) is 1. The van der Waals surface area contributed by atoms with E-state index in [9.17, 15) is 5.11 Å². The van der Waals surface area contributed by atoms with Gasteiger partial charge >= 0.3 is 0 Å². The summed E-state index contributed by atoms with van der Waals surface area (Å²) in [6.07, 6.45) is 7.44. The lowest BCUT2D eigenvalue weighted by molar-refractivity contribution is -0.0271. The van der Waals surface area contributed by atoms with E-state index in [1.54, 1.807) is 0 Å². The maximum atomic E-state index is 9.93. The van der Waals surface area contributed by atoms with Crippen molar-refractivity contribution >= 4 is 0 Å². The Labute approximate surface area is 93.7 Å². The Balaban J connectivity index is 1.93. The third kappa shape index (κ3) is 2.54. The first-order chi connectivity index (χ1) is 7.09. The molecule has 88 valence electrons. The molecular formula is C13H25NO. The maximum Gasteiger partial charge on any atom is 0.0592 e. The highest BCUT2D eigenvalue weighted by Gasteiger charge is 2.37. The number of hydrogen-bond acceptors (Lipinski definition) is 2. The second kappa shape index (κ2) is 4.42. The van der Waals surface area contributed by atoms with E-state index in [1.165, 1.54) is 45.2 Å². The molecule has 0 bridgehead atoms. The Bertz CT molecular complexity index is 209. The van der Waals surface area contributed by atoms with Gasteiger partial charge in [-0.2, -0.15) is 0 Å². The van der Waals surface area contributed by atoms with Crippen molar-refractivity contribution in [2.75, 3.05) is 13.1 Å². The van der Waals surface area contributed by atoms with Crippen LogP contribution in [0.15, 0.2) is 0 Å². The van der Waals surface area contributed by atoms with Crippen LogP contribution in [0.4, 0.5) is 0 Å². The number of aliphatic hydroxyl groups excluding tert-OH is 1. The van der Waals surface area contributed by atoms with E-state index in [0.29, 0.717) is 0 Å². The lowest BCUT2D eigenvalue weighted by Gasteiger charge is -2.45. The molecule has 1 saturated heterocycles. The average Bonchev–Trinajstić information content (AvgIpc) is 2.23. The summed E-state index contributed by atoms with van der Waals surface area (Å²) in [5.74, 6) is 0. The van der Waals surface area contributed by atoms with Crippen LogP contribution >= 0.6 is 0 Å². The lowest BCUT2D eigenvalue weighted by atomic mass is 9.72. The number of nitrogens with zero attached hydrogens (tertiary/aromatic N) is 1. The van der Waals surface area contributed by atoms with Gasteiger partial charge in [-0.3, -0.25) is 0 Å². The summed E-state index contributed by atoms with van der Waals surface area (Å²) in [6, 6.07) is 0.740. The second-order valence-corrected chi connectivity index (χ2v) is 6.04. The first-order valence-corrected chi connectivity index (χ1v) is 6.52. The molecule has 2 heteroatoms. The summed E-state index contributed by atoms with van der Waals surface area (Å²) in [6.45, 7) is 7.01. The second-order valence-electron chi connectivity index (χ2n) is 6.04. The first kappa shape index (κ1) is 11.4. The SMILES string of the molecule is CC1(C)C[C@H](N2CCCCC2)CCC1O. The predicted molar refractivity (Wildman–Crippen MR) is 62.9 cm³/mol. The molecule has 1 N–H and O–H groups in total. The fourth-order valence-electron chi connectivity index (χ4n) is 3.18. The molecule has 2 nitrogen and oxygen atoms in total. The molecule has 0 aromatic heterocycles. The summed E-state index contributed by atoms with van der Waals surface area (Å²) in [5.41, 5.74) is 0.125. The quantitative estimate of drug-likeness (QED) is 0.720. The Morgan fingerprint density at radius 1 is 1.07 bits per heavy atom. The molecule has 2 atom stereocenters. The van der Waals surface area contributed by atoms with Crippen LogP contribution in [0.25, 0.3) is 0 Å². The standard InChI is InChI=1S/C13H25NO/c1-13(2)10-11(6-7-12(13)15)14-8-4-3-5-9-14/h11-12,15H,3-10H2,1-2H3/t11-,12?/m1/s1. The molecule has 2 rings (SSSR count). The van der Waals surface area contributed by atoms with Crippen LogP contribution in [0.1, 0.15) is 52.4 Å². The van der Waals surface area contributed by atoms with Gasteiger partial charge in [0.1, 0.15) is 0 Å². The van der Waals surface area contributed by atoms with Gasteiger partial charge in [0.2, 0.25) is 0 Å². The van der Waals surface area contributed by atoms with Crippen LogP contribution in [0.2, 0.25) is 0 Å². The minimum absolute atomic E-state index is 0.0847. The van der Waals surface area contributed by atoms with Crippen molar-refractivity contribution in [2.24, 2.45) is 5.41 Å². The van der Waals surface area contributed by atoms with Gasteiger partial charge in [0.25, 0.3) is 0 Å². The molecule has 0 amide bonds. The molecular weight excluding hydrogens is 186 g/mol. The van der Waals surface area contributed by atoms with E-state index in [4.69, 9.17) is 0 Å². The molecule has 0 aromatic rings. The molecule has 0 aromatic carbocycles. The molecule has 2 aliphatic rings. The molecule has 0 radical (unpaired) electrons. The molecule has 0 spiro atoms. The first-order valence-electron chi connectivity index (χ1n) is 6.52. The van der Waals surface area contributed by atoms with Crippen LogP contribution in [-0.4, -0.2) is 35.2 Å². The van der Waals surface area contributed by atoms with Crippen molar-refractivity contribution in [1.29, 1.82) is 0 Å². The van der Waals surface area contributed by atoms with Gasteiger partial charge in [-0.05, 0) is 50.6 Å². The predicted octanol–water partition coefficient (Wildman–Crippen LogP) is 2.41. The van der Waals surface area contributed by atoms with Crippen LogP contribution in [0.3, 0.4) is 0 Å². The van der Waals surface area contributed by atoms with E-state index >= 15 is 0 Å². The monoisotopic (exact) mass is 211 g/mol. The number of rotatable bonds is 1. The van der Waals surface area contributed by atoms with Gasteiger partial charge in [-0.1, -0.05) is 20.3 Å². The zero-order valence-corrected chi connectivity index (χ0v) is 10.2. The Hall–Kier alpha value is -0.0800. The Morgan fingerprint density at radius 3 is 2.33 bits per heavy atom. The van der Waals surface area contributed by atoms with Gasteiger partial charge in [0.05, 0.1) is 6.10 Å². The van der Waals surface area contributed by atoms with Crippen molar-refractivity contribution in [3.8, 4) is 0 Å². The normalized spacial score (nSPS) is 37.8. The number of aliphatic hydroxyl groups is 1. The fourth-order valence-corrected chi connectivity index (χ4v) is 3.18. The summed E-state index contributed by atoms with van der Waals surface area (Å²) in [5, 5.41) is 9.93. The largest absolute Gasteiger partial charge is 0.393 e. The fraction of sp³-hybridized carbons (Fsp3) is 1.00. The highest BCUT2D eigenvalue weighted by atomic mass is 16.3. The van der Waals surface area contributed by atoms with Gasteiger partial charge in [-0.25, -0.2) is 0 Å². The molecule has 1 heterocycles. The zero-order valence-electron chi connectivity index (χ0n) is 10.2. The summed E-state index contributed by atoms with van der Waals surface area (Å²) >= 11 is 0. The molecule has 1 saturated carbocycles. The van der Waals surface area contributed by atoms with E-state index in [2.05, 4.69) is 18.7 Å². The van der Waals surface area contributed by atoms with Crippen molar-refractivity contribution in [3.63, 3.8) is 0 Å². The average molecular weight is 211 g/mol. The maximum absolute atomic E-state index is 9.93. The van der Waals surface area contributed by atoms with Crippen LogP contribution in [0.5, 0.6) is 0 Å². The van der Waals surface area contributed by atoms with E-state index < -0.39 is 0 Å². The van der Waals surface area contributed by atoms with Crippen LogP contribution < -0.4 is 0 Å². The zero-order chi connectivity index (χ0) is 10.9. The van der Waals surface area contributed by atoms with Crippen molar-refractivity contribution < 1.29 is 5.11 Å². The topological polar surface area (TPSA) is 23.5 Å². The van der Waals surface area contributed by atoms with Crippen molar-refractivity contribution in [2.45, 2.75) is 64.5 Å². The smallest absolute Gasteiger partial charge is 0.0592 e. The van der Waals surface area contributed by atoms with E-state index in [0.717, 1.165) is 12.5 Å². The van der Waals surface area contributed by atoms with Gasteiger partial charge in [0, 0.05) is 6.04 Å². The Morgan fingerprint density at radius 2 is 1.73 bits per heavy atom. The minimum Gasteiger partial charge on any atom is -0.393 e. The summed E-state index contributed by atoms with van der Waals surface area (Å²) in [7, 11) is 0. The molecule has 15 heavy (non-hydrogen) atoms. The number of piperidine rings is 1. The van der Waals surface area contributed by atoms with E-state index in [-0.39, 0.29) is 11.5 Å². The third-order valence-electron chi connectivity index (χ3n) is 4.34.